The largest absolute Gasteiger partial charge is 0.507 e. The van der Waals surface area contributed by atoms with Gasteiger partial charge < -0.3 is 35.0 Å². The fourth-order valence-electron chi connectivity index (χ4n) is 3.79. The van der Waals surface area contributed by atoms with Gasteiger partial charge in [-0.2, -0.15) is 0 Å². The van der Waals surface area contributed by atoms with Crippen molar-refractivity contribution in [3.8, 4) is 17.2 Å². The zero-order valence-corrected chi connectivity index (χ0v) is 16.1. The van der Waals surface area contributed by atoms with E-state index in [-0.39, 0.29) is 33.8 Å². The molecule has 5 atom stereocenters. The van der Waals surface area contributed by atoms with Crippen LogP contribution in [0.1, 0.15) is 44.3 Å². The Hall–Kier alpha value is -2.98. The summed E-state index contributed by atoms with van der Waals surface area (Å²) in [5, 5.41) is 50.4. The van der Waals surface area contributed by atoms with Crippen molar-refractivity contribution in [1.29, 1.82) is 0 Å². The fraction of sp³-hybridized carbons (Fsp3) is 0.333. The number of ether oxygens (including phenoxy) is 2. The molecule has 4 rings (SSSR count). The molecule has 2 aromatic rings. The summed E-state index contributed by atoms with van der Waals surface area (Å²) in [6, 6.07) is 5.11. The molecule has 0 radical (unpaired) electrons. The summed E-state index contributed by atoms with van der Waals surface area (Å²) in [5.74, 6) is -2.29. The second-order valence-electron chi connectivity index (χ2n) is 7.53. The van der Waals surface area contributed by atoms with Crippen LogP contribution in [-0.2, 0) is 4.74 Å². The van der Waals surface area contributed by atoms with E-state index in [1.54, 1.807) is 6.92 Å². The number of aliphatic hydroxyl groups excluding tert-OH is 3. The van der Waals surface area contributed by atoms with E-state index in [1.165, 1.54) is 25.1 Å². The van der Waals surface area contributed by atoms with Gasteiger partial charge in [0.15, 0.2) is 5.78 Å². The maximum atomic E-state index is 13.0. The lowest BCUT2D eigenvalue weighted by molar-refractivity contribution is -0.268. The van der Waals surface area contributed by atoms with E-state index >= 15 is 0 Å². The summed E-state index contributed by atoms with van der Waals surface area (Å²) >= 11 is 0. The van der Waals surface area contributed by atoms with Crippen LogP contribution in [0.2, 0.25) is 0 Å². The average molecular weight is 416 g/mol. The van der Waals surface area contributed by atoms with Crippen LogP contribution in [0.25, 0.3) is 0 Å². The molecule has 0 unspecified atom stereocenters. The molecule has 1 fully saturated rings. The molecule has 0 saturated carbocycles. The number of fused-ring (bicyclic) bond motifs is 2. The third-order valence-electron chi connectivity index (χ3n) is 5.36. The Morgan fingerprint density at radius 3 is 2.10 bits per heavy atom. The molecule has 2 aromatic carbocycles. The van der Waals surface area contributed by atoms with Crippen LogP contribution < -0.4 is 4.74 Å². The molecule has 158 valence electrons. The molecule has 1 saturated heterocycles. The second kappa shape index (κ2) is 7.06. The van der Waals surface area contributed by atoms with E-state index in [0.29, 0.717) is 5.56 Å². The Kier molecular flexibility index (Phi) is 4.78. The summed E-state index contributed by atoms with van der Waals surface area (Å²) in [6.45, 7) is 3.14. The first kappa shape index (κ1) is 20.3. The highest BCUT2D eigenvalue weighted by Crippen LogP contribution is 2.40. The maximum absolute atomic E-state index is 13.0. The average Bonchev–Trinajstić information content (AvgIpc) is 2.67. The van der Waals surface area contributed by atoms with Crippen molar-refractivity contribution in [3.63, 3.8) is 0 Å². The Morgan fingerprint density at radius 1 is 0.833 bits per heavy atom. The number of hydrogen-bond donors (Lipinski definition) is 5. The highest BCUT2D eigenvalue weighted by molar-refractivity contribution is 6.30. The van der Waals surface area contributed by atoms with Gasteiger partial charge in [-0.15, -0.1) is 0 Å². The number of aromatic hydroxyl groups is 2. The second-order valence-corrected chi connectivity index (χ2v) is 7.53. The van der Waals surface area contributed by atoms with Crippen LogP contribution in [0.15, 0.2) is 24.3 Å². The third kappa shape index (κ3) is 3.03. The summed E-state index contributed by atoms with van der Waals surface area (Å²) in [5.41, 5.74) is -0.00573. The first-order valence-electron chi connectivity index (χ1n) is 9.26. The lowest BCUT2D eigenvalue weighted by atomic mass is 9.82. The van der Waals surface area contributed by atoms with Crippen LogP contribution in [0, 0.1) is 6.92 Å². The van der Waals surface area contributed by atoms with Gasteiger partial charge >= 0.3 is 0 Å². The van der Waals surface area contributed by atoms with Gasteiger partial charge in [0.2, 0.25) is 12.1 Å². The van der Waals surface area contributed by atoms with Gasteiger partial charge in [0.1, 0.15) is 35.6 Å². The SMILES string of the molecule is Cc1cc(O)c2c(c1)C(=O)c1cc(O[C@H]3O[C@@H](C)[C@@H](O)[C@@H](O)[C@H]3O)cc(O)c1C2=O. The minimum Gasteiger partial charge on any atom is -0.507 e. The molecule has 0 bridgehead atoms. The molecule has 0 aromatic heterocycles. The number of ketones is 2. The third-order valence-corrected chi connectivity index (χ3v) is 5.36. The highest BCUT2D eigenvalue weighted by atomic mass is 16.7. The van der Waals surface area contributed by atoms with Crippen molar-refractivity contribution < 1.29 is 44.6 Å². The Morgan fingerprint density at radius 2 is 1.43 bits per heavy atom. The van der Waals surface area contributed by atoms with Crippen molar-refractivity contribution in [1.82, 2.24) is 0 Å². The lowest BCUT2D eigenvalue weighted by Gasteiger charge is -2.39. The maximum Gasteiger partial charge on any atom is 0.229 e. The van der Waals surface area contributed by atoms with E-state index in [4.69, 9.17) is 9.47 Å². The van der Waals surface area contributed by atoms with Crippen LogP contribution in [-0.4, -0.2) is 67.8 Å². The van der Waals surface area contributed by atoms with Crippen molar-refractivity contribution in [2.24, 2.45) is 0 Å². The molecule has 2 aliphatic rings. The molecule has 1 aliphatic carbocycles. The first-order chi connectivity index (χ1) is 14.1. The van der Waals surface area contributed by atoms with Gasteiger partial charge in [0.05, 0.1) is 17.2 Å². The van der Waals surface area contributed by atoms with Crippen molar-refractivity contribution in [2.45, 2.75) is 44.6 Å². The number of benzene rings is 2. The summed E-state index contributed by atoms with van der Waals surface area (Å²) < 4.78 is 10.9. The molecule has 9 heteroatoms. The number of phenolic OH excluding ortho intramolecular Hbond substituents is 2. The number of aryl methyl sites for hydroxylation is 1. The Balaban J connectivity index is 1.73. The summed E-state index contributed by atoms with van der Waals surface area (Å²) in [4.78, 5) is 25.8. The van der Waals surface area contributed by atoms with Crippen LogP contribution in [0.3, 0.4) is 0 Å². The van der Waals surface area contributed by atoms with Crippen molar-refractivity contribution >= 4 is 11.6 Å². The van der Waals surface area contributed by atoms with Gasteiger partial charge in [0, 0.05) is 17.2 Å². The summed E-state index contributed by atoms with van der Waals surface area (Å²) in [7, 11) is 0. The number of phenols is 2. The molecular formula is C21H20O9. The van der Waals surface area contributed by atoms with Crippen molar-refractivity contribution in [2.75, 3.05) is 0 Å². The number of rotatable bonds is 2. The smallest absolute Gasteiger partial charge is 0.229 e. The molecular weight excluding hydrogens is 396 g/mol. The van der Waals surface area contributed by atoms with Gasteiger partial charge in [-0.05, 0) is 37.6 Å². The molecule has 0 spiro atoms. The van der Waals surface area contributed by atoms with Gasteiger partial charge in [-0.3, -0.25) is 9.59 Å². The number of carbonyl (C=O) groups excluding carboxylic acids is 2. The molecule has 9 nitrogen and oxygen atoms in total. The molecule has 5 N–H and O–H groups in total. The van der Waals surface area contributed by atoms with E-state index < -0.39 is 48.0 Å². The molecule has 1 aliphatic heterocycles. The number of carbonyl (C=O) groups is 2. The molecule has 30 heavy (non-hydrogen) atoms. The number of hydrogen-bond acceptors (Lipinski definition) is 9. The van der Waals surface area contributed by atoms with Crippen LogP contribution in [0.5, 0.6) is 17.2 Å². The quantitative estimate of drug-likeness (QED) is 0.399. The number of aliphatic hydroxyl groups is 3. The topological polar surface area (TPSA) is 154 Å². The predicted octanol–water partition coefficient (Wildman–Crippen LogP) is 0.388. The van der Waals surface area contributed by atoms with E-state index in [0.717, 1.165) is 6.07 Å². The fourth-order valence-corrected chi connectivity index (χ4v) is 3.79. The lowest BCUT2D eigenvalue weighted by Crippen LogP contribution is -2.58. The predicted molar refractivity (Wildman–Crippen MR) is 101 cm³/mol. The van der Waals surface area contributed by atoms with Crippen LogP contribution >= 0.6 is 0 Å². The normalized spacial score (nSPS) is 28.1. The van der Waals surface area contributed by atoms with Gasteiger partial charge in [-0.1, -0.05) is 0 Å². The Labute approximate surface area is 170 Å². The zero-order chi connectivity index (χ0) is 21.9. The summed E-state index contributed by atoms with van der Waals surface area (Å²) in [6.07, 6.45) is -6.66. The van der Waals surface area contributed by atoms with E-state index in [1.807, 2.05) is 0 Å². The van der Waals surface area contributed by atoms with Crippen LogP contribution in [0.4, 0.5) is 0 Å². The van der Waals surface area contributed by atoms with Gasteiger partial charge in [0.25, 0.3) is 0 Å². The Bertz CT molecular complexity index is 1060. The van der Waals surface area contributed by atoms with Gasteiger partial charge in [-0.25, -0.2) is 0 Å². The monoisotopic (exact) mass is 416 g/mol. The van der Waals surface area contributed by atoms with E-state index in [9.17, 15) is 35.1 Å². The molecule has 0 amide bonds. The van der Waals surface area contributed by atoms with Crippen molar-refractivity contribution in [3.05, 3.63) is 52.1 Å². The standard InChI is InChI=1S/C21H20O9/c1-7-3-10-14(12(22)4-7)18(26)15-11(17(10)25)5-9(6-13(15)23)30-21-20(28)19(27)16(24)8(2)29-21/h3-6,8,16,19-24,27-28H,1-2H3/t8-,16+,19+,20+,21+/m0/s1. The van der Waals surface area contributed by atoms with E-state index in [2.05, 4.69) is 0 Å². The highest BCUT2D eigenvalue weighted by Gasteiger charge is 2.43. The zero-order valence-electron chi connectivity index (χ0n) is 16.1. The minimum absolute atomic E-state index is 0.00247. The minimum atomic E-state index is -1.59. The first-order valence-corrected chi connectivity index (χ1v) is 9.26. The molecule has 1 heterocycles.